The molecule has 2 fully saturated rings. The van der Waals surface area contributed by atoms with Gasteiger partial charge in [0.15, 0.2) is 0 Å². The zero-order chi connectivity index (χ0) is 14.8. The van der Waals surface area contributed by atoms with Gasteiger partial charge < -0.3 is 15.2 Å². The number of carboxylic acids is 1. The fourth-order valence-corrected chi connectivity index (χ4v) is 2.93. The van der Waals surface area contributed by atoms with Crippen molar-refractivity contribution in [3.63, 3.8) is 0 Å². The molecule has 0 bridgehead atoms. The maximum Gasteiger partial charge on any atom is 0.307 e. The van der Waals surface area contributed by atoms with E-state index < -0.39 is 17.8 Å². The standard InChI is InChI=1S/C16H19NO4/c18-15(11-9-12(11)16(19)20)17-14(13-7-4-8-21-13)10-5-2-1-3-6-10/h1-3,5-6,11-14H,4,7-9H2,(H,17,18)(H,19,20). The summed E-state index contributed by atoms with van der Waals surface area (Å²) in [4.78, 5) is 23.1. The number of benzene rings is 1. The van der Waals surface area contributed by atoms with Gasteiger partial charge in [-0.1, -0.05) is 30.3 Å². The SMILES string of the molecule is O=C(O)C1CC1C(=O)NC(c1ccccc1)C1CCCO1. The van der Waals surface area contributed by atoms with Gasteiger partial charge in [0.05, 0.1) is 24.0 Å². The van der Waals surface area contributed by atoms with E-state index in [1.807, 2.05) is 30.3 Å². The highest BCUT2D eigenvalue weighted by Crippen LogP contribution is 2.39. The van der Waals surface area contributed by atoms with E-state index >= 15 is 0 Å². The average molecular weight is 289 g/mol. The van der Waals surface area contributed by atoms with Gasteiger partial charge in [0, 0.05) is 6.61 Å². The van der Waals surface area contributed by atoms with Crippen molar-refractivity contribution < 1.29 is 19.4 Å². The summed E-state index contributed by atoms with van der Waals surface area (Å²) >= 11 is 0. The predicted molar refractivity (Wildman–Crippen MR) is 75.5 cm³/mol. The summed E-state index contributed by atoms with van der Waals surface area (Å²) in [5, 5.41) is 11.9. The summed E-state index contributed by atoms with van der Waals surface area (Å²) in [6.07, 6.45) is 2.31. The van der Waals surface area contributed by atoms with E-state index in [0.29, 0.717) is 13.0 Å². The molecule has 1 aliphatic heterocycles. The molecule has 1 amide bonds. The Bertz CT molecular complexity index is 524. The van der Waals surface area contributed by atoms with Gasteiger partial charge in [-0.15, -0.1) is 0 Å². The van der Waals surface area contributed by atoms with Crippen molar-refractivity contribution in [2.45, 2.75) is 31.4 Å². The third-order valence-electron chi connectivity index (χ3n) is 4.24. The van der Waals surface area contributed by atoms with Crippen molar-refractivity contribution in [1.29, 1.82) is 0 Å². The van der Waals surface area contributed by atoms with Crippen LogP contribution in [0, 0.1) is 11.8 Å². The highest BCUT2D eigenvalue weighted by Gasteiger charge is 2.49. The molecule has 1 aromatic carbocycles. The Hall–Kier alpha value is -1.88. The molecule has 0 radical (unpaired) electrons. The number of nitrogens with one attached hydrogen (secondary N) is 1. The Kier molecular flexibility index (Phi) is 3.92. The molecule has 1 heterocycles. The largest absolute Gasteiger partial charge is 0.481 e. The average Bonchev–Trinajstić information content (AvgIpc) is 3.13. The van der Waals surface area contributed by atoms with E-state index in [9.17, 15) is 9.59 Å². The van der Waals surface area contributed by atoms with Crippen LogP contribution in [0.25, 0.3) is 0 Å². The molecule has 1 saturated heterocycles. The minimum atomic E-state index is -0.886. The topological polar surface area (TPSA) is 75.6 Å². The van der Waals surface area contributed by atoms with Crippen molar-refractivity contribution in [3.8, 4) is 0 Å². The lowest BCUT2D eigenvalue weighted by Gasteiger charge is -2.24. The lowest BCUT2D eigenvalue weighted by atomic mass is 9.99. The van der Waals surface area contributed by atoms with Gasteiger partial charge in [-0.3, -0.25) is 9.59 Å². The highest BCUT2D eigenvalue weighted by molar-refractivity contribution is 5.89. The minimum Gasteiger partial charge on any atom is -0.481 e. The molecular formula is C16H19NO4. The molecule has 1 aliphatic carbocycles. The van der Waals surface area contributed by atoms with Gasteiger partial charge in [-0.25, -0.2) is 0 Å². The fourth-order valence-electron chi connectivity index (χ4n) is 2.93. The van der Waals surface area contributed by atoms with Crippen LogP contribution in [-0.2, 0) is 14.3 Å². The van der Waals surface area contributed by atoms with E-state index in [1.54, 1.807) is 0 Å². The van der Waals surface area contributed by atoms with Crippen molar-refractivity contribution >= 4 is 11.9 Å². The van der Waals surface area contributed by atoms with Crippen LogP contribution in [0.3, 0.4) is 0 Å². The Morgan fingerprint density at radius 2 is 2.00 bits per heavy atom. The highest BCUT2D eigenvalue weighted by atomic mass is 16.5. The molecule has 5 nitrogen and oxygen atoms in total. The first-order chi connectivity index (χ1) is 10.2. The normalized spacial score (nSPS) is 28.9. The molecular weight excluding hydrogens is 270 g/mol. The van der Waals surface area contributed by atoms with E-state index in [4.69, 9.17) is 9.84 Å². The zero-order valence-electron chi connectivity index (χ0n) is 11.7. The first-order valence-electron chi connectivity index (χ1n) is 7.36. The van der Waals surface area contributed by atoms with Crippen LogP contribution in [0.2, 0.25) is 0 Å². The Balaban J connectivity index is 1.71. The quantitative estimate of drug-likeness (QED) is 0.866. The van der Waals surface area contributed by atoms with Crippen molar-refractivity contribution in [3.05, 3.63) is 35.9 Å². The molecule has 1 aromatic rings. The molecule has 2 aliphatic rings. The summed E-state index contributed by atoms with van der Waals surface area (Å²) in [5.41, 5.74) is 1.00. The molecule has 0 aromatic heterocycles. The molecule has 3 rings (SSSR count). The van der Waals surface area contributed by atoms with Crippen molar-refractivity contribution in [2.75, 3.05) is 6.61 Å². The van der Waals surface area contributed by atoms with Crippen LogP contribution >= 0.6 is 0 Å². The van der Waals surface area contributed by atoms with Crippen molar-refractivity contribution in [2.24, 2.45) is 11.8 Å². The van der Waals surface area contributed by atoms with Gasteiger partial charge in [0.1, 0.15) is 0 Å². The van der Waals surface area contributed by atoms with Crippen LogP contribution in [0.4, 0.5) is 0 Å². The van der Waals surface area contributed by atoms with Gasteiger partial charge in [0.25, 0.3) is 0 Å². The fraction of sp³-hybridized carbons (Fsp3) is 0.500. The Labute approximate surface area is 123 Å². The zero-order valence-corrected chi connectivity index (χ0v) is 11.7. The second kappa shape index (κ2) is 5.85. The van der Waals surface area contributed by atoms with Gasteiger partial charge in [0.2, 0.25) is 5.91 Å². The summed E-state index contributed by atoms with van der Waals surface area (Å²) < 4.78 is 5.71. The summed E-state index contributed by atoms with van der Waals surface area (Å²) in [5.74, 6) is -1.98. The number of hydrogen-bond acceptors (Lipinski definition) is 3. The first-order valence-corrected chi connectivity index (χ1v) is 7.36. The summed E-state index contributed by atoms with van der Waals surface area (Å²) in [6, 6.07) is 9.53. The maximum atomic E-state index is 12.2. The second-order valence-electron chi connectivity index (χ2n) is 5.74. The number of carboxylic acid groups (broad SMARTS) is 1. The molecule has 4 atom stereocenters. The number of ether oxygens (including phenoxy) is 1. The molecule has 0 spiro atoms. The Morgan fingerprint density at radius 3 is 2.57 bits per heavy atom. The maximum absolute atomic E-state index is 12.2. The van der Waals surface area contributed by atoms with Crippen LogP contribution < -0.4 is 5.32 Å². The van der Waals surface area contributed by atoms with E-state index in [1.165, 1.54) is 0 Å². The second-order valence-corrected chi connectivity index (χ2v) is 5.74. The van der Waals surface area contributed by atoms with Gasteiger partial charge in [-0.2, -0.15) is 0 Å². The smallest absolute Gasteiger partial charge is 0.307 e. The molecule has 4 unspecified atom stereocenters. The summed E-state index contributed by atoms with van der Waals surface area (Å²) in [7, 11) is 0. The number of aliphatic carboxylic acids is 1. The van der Waals surface area contributed by atoms with E-state index in [-0.39, 0.29) is 18.1 Å². The third kappa shape index (κ3) is 3.08. The van der Waals surface area contributed by atoms with Gasteiger partial charge in [-0.05, 0) is 24.8 Å². The number of rotatable bonds is 5. The van der Waals surface area contributed by atoms with Gasteiger partial charge >= 0.3 is 5.97 Å². The predicted octanol–water partition coefficient (Wildman–Crippen LogP) is 1.74. The lowest BCUT2D eigenvalue weighted by molar-refractivity contribution is -0.140. The molecule has 112 valence electrons. The molecule has 21 heavy (non-hydrogen) atoms. The number of hydrogen-bond donors (Lipinski definition) is 2. The first kappa shape index (κ1) is 14.1. The van der Waals surface area contributed by atoms with E-state index in [2.05, 4.69) is 5.32 Å². The van der Waals surface area contributed by atoms with Crippen LogP contribution in [-0.4, -0.2) is 29.7 Å². The Morgan fingerprint density at radius 1 is 1.24 bits per heavy atom. The molecule has 5 heteroatoms. The minimum absolute atomic E-state index is 0.0293. The van der Waals surface area contributed by atoms with Crippen molar-refractivity contribution in [1.82, 2.24) is 5.32 Å². The number of amides is 1. The number of carbonyl (C=O) groups is 2. The molecule has 2 N–H and O–H groups in total. The third-order valence-corrected chi connectivity index (χ3v) is 4.24. The van der Waals surface area contributed by atoms with Crippen LogP contribution in [0.1, 0.15) is 30.9 Å². The van der Waals surface area contributed by atoms with Crippen LogP contribution in [0.5, 0.6) is 0 Å². The molecule has 1 saturated carbocycles. The lowest BCUT2D eigenvalue weighted by Crippen LogP contribution is -2.37. The van der Waals surface area contributed by atoms with Crippen LogP contribution in [0.15, 0.2) is 30.3 Å². The number of carbonyl (C=O) groups excluding carboxylic acids is 1. The summed E-state index contributed by atoms with van der Waals surface area (Å²) in [6.45, 7) is 0.713. The monoisotopic (exact) mass is 289 g/mol. The van der Waals surface area contributed by atoms with E-state index in [0.717, 1.165) is 18.4 Å².